The van der Waals surface area contributed by atoms with Gasteiger partial charge in [-0.15, -0.1) is 0 Å². The first-order chi connectivity index (χ1) is 9.49. The lowest BCUT2D eigenvalue weighted by Gasteiger charge is -2.28. The molecule has 2 N–H and O–H groups in total. The second-order valence-corrected chi connectivity index (χ2v) is 5.06. The largest absolute Gasteiger partial charge is 0.480 e. The van der Waals surface area contributed by atoms with Gasteiger partial charge in [-0.25, -0.2) is 4.79 Å². The van der Waals surface area contributed by atoms with E-state index in [9.17, 15) is 14.7 Å². The number of carbonyl (C=O) groups excluding carboxylic acids is 1. The summed E-state index contributed by atoms with van der Waals surface area (Å²) in [6, 6.07) is 0.698. The van der Waals surface area contributed by atoms with Crippen molar-refractivity contribution in [3.63, 3.8) is 0 Å². The summed E-state index contributed by atoms with van der Waals surface area (Å²) in [6.07, 6.45) is 1.55. The maximum absolute atomic E-state index is 12.2. The quantitative estimate of drug-likeness (QED) is 0.830. The Morgan fingerprint density at radius 1 is 1.60 bits per heavy atom. The smallest absolute Gasteiger partial charge is 0.326 e. The van der Waals surface area contributed by atoms with Crippen molar-refractivity contribution in [2.45, 2.75) is 25.8 Å². The molecule has 2 atom stereocenters. The van der Waals surface area contributed by atoms with Gasteiger partial charge in [-0.05, 0) is 25.8 Å². The van der Waals surface area contributed by atoms with Gasteiger partial charge in [-0.1, -0.05) is 0 Å². The summed E-state index contributed by atoms with van der Waals surface area (Å²) in [5.74, 6) is -1.65. The van der Waals surface area contributed by atoms with Crippen molar-refractivity contribution in [3.8, 4) is 0 Å². The van der Waals surface area contributed by atoms with Crippen molar-refractivity contribution in [3.05, 3.63) is 17.5 Å². The number of aryl methyl sites for hydroxylation is 2. The minimum Gasteiger partial charge on any atom is -0.480 e. The molecule has 1 aliphatic rings. The van der Waals surface area contributed by atoms with Crippen LogP contribution in [0.15, 0.2) is 6.07 Å². The predicted octanol–water partition coefficient (Wildman–Crippen LogP) is 0.338. The highest BCUT2D eigenvalue weighted by Crippen LogP contribution is 2.18. The molecule has 0 bridgehead atoms. The molecule has 110 valence electrons. The summed E-state index contributed by atoms with van der Waals surface area (Å²) < 4.78 is 6.74. The Morgan fingerprint density at radius 3 is 2.85 bits per heavy atom. The molecule has 2 heterocycles. The predicted molar refractivity (Wildman–Crippen MR) is 70.4 cm³/mol. The molecule has 0 spiro atoms. The molecular formula is C13H19N3O4. The van der Waals surface area contributed by atoms with Crippen molar-refractivity contribution < 1.29 is 19.4 Å². The van der Waals surface area contributed by atoms with E-state index in [0.29, 0.717) is 24.6 Å². The third-order valence-electron chi connectivity index (χ3n) is 3.45. The van der Waals surface area contributed by atoms with E-state index in [2.05, 4.69) is 10.4 Å². The van der Waals surface area contributed by atoms with Gasteiger partial charge in [0.2, 0.25) is 0 Å². The summed E-state index contributed by atoms with van der Waals surface area (Å²) in [7, 11) is 1.65. The Kier molecular flexibility index (Phi) is 4.39. The molecule has 0 aromatic carbocycles. The van der Waals surface area contributed by atoms with Crippen molar-refractivity contribution in [2.24, 2.45) is 13.0 Å². The van der Waals surface area contributed by atoms with Gasteiger partial charge in [0.1, 0.15) is 11.7 Å². The summed E-state index contributed by atoms with van der Waals surface area (Å²) in [4.78, 5) is 23.5. The SMILES string of the molecule is Cc1cc(C(=O)NC(C(=O)O)C2CCCOC2)n(C)n1. The van der Waals surface area contributed by atoms with Crippen molar-refractivity contribution >= 4 is 11.9 Å². The van der Waals surface area contributed by atoms with E-state index in [4.69, 9.17) is 4.74 Å². The van der Waals surface area contributed by atoms with E-state index in [-0.39, 0.29) is 5.92 Å². The van der Waals surface area contributed by atoms with Crippen LogP contribution in [-0.2, 0) is 16.6 Å². The van der Waals surface area contributed by atoms with Crippen molar-refractivity contribution in [2.75, 3.05) is 13.2 Å². The van der Waals surface area contributed by atoms with Crippen LogP contribution in [0.1, 0.15) is 29.0 Å². The molecule has 1 aliphatic heterocycles. The van der Waals surface area contributed by atoms with E-state index in [1.807, 2.05) is 0 Å². The topological polar surface area (TPSA) is 93.5 Å². The highest BCUT2D eigenvalue weighted by Gasteiger charge is 2.32. The Balaban J connectivity index is 2.09. The van der Waals surface area contributed by atoms with Gasteiger partial charge in [0.25, 0.3) is 5.91 Å². The van der Waals surface area contributed by atoms with Gasteiger partial charge in [-0.2, -0.15) is 5.10 Å². The van der Waals surface area contributed by atoms with Crippen LogP contribution in [0.25, 0.3) is 0 Å². The fourth-order valence-electron chi connectivity index (χ4n) is 2.45. The highest BCUT2D eigenvalue weighted by atomic mass is 16.5. The fraction of sp³-hybridized carbons (Fsp3) is 0.615. The minimum atomic E-state index is -1.03. The van der Waals surface area contributed by atoms with E-state index >= 15 is 0 Å². The average Bonchev–Trinajstić information content (AvgIpc) is 2.75. The second-order valence-electron chi connectivity index (χ2n) is 5.06. The monoisotopic (exact) mass is 281 g/mol. The molecule has 0 radical (unpaired) electrons. The fourth-order valence-corrected chi connectivity index (χ4v) is 2.45. The second kappa shape index (κ2) is 6.04. The Hall–Kier alpha value is -1.89. The number of hydrogen-bond donors (Lipinski definition) is 2. The standard InChI is InChI=1S/C13H19N3O4/c1-8-6-10(16(2)15-8)12(17)14-11(13(18)19)9-4-3-5-20-7-9/h6,9,11H,3-5,7H2,1-2H3,(H,14,17)(H,18,19). The summed E-state index contributed by atoms with van der Waals surface area (Å²) in [5, 5.41) is 16.0. The number of nitrogens with zero attached hydrogens (tertiary/aromatic N) is 2. The summed E-state index contributed by atoms with van der Waals surface area (Å²) in [5.41, 5.74) is 1.07. The van der Waals surface area contributed by atoms with E-state index in [1.165, 1.54) is 4.68 Å². The molecule has 0 saturated carbocycles. The Bertz CT molecular complexity index is 506. The van der Waals surface area contributed by atoms with E-state index in [1.54, 1.807) is 20.0 Å². The third kappa shape index (κ3) is 3.16. The number of ether oxygens (including phenoxy) is 1. The molecule has 0 aliphatic carbocycles. The van der Waals surface area contributed by atoms with Gasteiger partial charge >= 0.3 is 5.97 Å². The van der Waals surface area contributed by atoms with Crippen LogP contribution in [0, 0.1) is 12.8 Å². The highest BCUT2D eigenvalue weighted by molar-refractivity contribution is 5.95. The number of hydrogen-bond acceptors (Lipinski definition) is 4. The Labute approximate surface area is 116 Å². The molecule has 1 aromatic heterocycles. The first kappa shape index (κ1) is 14.5. The average molecular weight is 281 g/mol. The maximum atomic E-state index is 12.2. The lowest BCUT2D eigenvalue weighted by atomic mass is 9.93. The maximum Gasteiger partial charge on any atom is 0.326 e. The van der Waals surface area contributed by atoms with Gasteiger partial charge < -0.3 is 15.2 Å². The number of rotatable bonds is 4. The van der Waals surface area contributed by atoms with E-state index < -0.39 is 17.9 Å². The lowest BCUT2D eigenvalue weighted by Crippen LogP contribution is -2.48. The van der Waals surface area contributed by atoms with Crippen molar-refractivity contribution in [1.82, 2.24) is 15.1 Å². The first-order valence-corrected chi connectivity index (χ1v) is 6.61. The number of aliphatic carboxylic acids is 1. The van der Waals surface area contributed by atoms with Crippen LogP contribution < -0.4 is 5.32 Å². The first-order valence-electron chi connectivity index (χ1n) is 6.61. The zero-order valence-electron chi connectivity index (χ0n) is 11.6. The zero-order chi connectivity index (χ0) is 14.7. The number of nitrogens with one attached hydrogen (secondary N) is 1. The molecule has 7 nitrogen and oxygen atoms in total. The van der Waals surface area contributed by atoms with Crippen LogP contribution in [-0.4, -0.2) is 46.0 Å². The van der Waals surface area contributed by atoms with Gasteiger partial charge in [0, 0.05) is 19.6 Å². The molecule has 1 fully saturated rings. The van der Waals surface area contributed by atoms with Crippen LogP contribution in [0.5, 0.6) is 0 Å². The van der Waals surface area contributed by atoms with Crippen LogP contribution in [0.4, 0.5) is 0 Å². The number of carboxylic acid groups (broad SMARTS) is 1. The van der Waals surface area contributed by atoms with Gasteiger partial charge in [0.15, 0.2) is 0 Å². The molecule has 1 aromatic rings. The molecule has 20 heavy (non-hydrogen) atoms. The number of amides is 1. The van der Waals surface area contributed by atoms with Crippen molar-refractivity contribution in [1.29, 1.82) is 0 Å². The molecule has 1 saturated heterocycles. The summed E-state index contributed by atoms with van der Waals surface area (Å²) in [6.45, 7) is 2.79. The van der Waals surface area contributed by atoms with Gasteiger partial charge in [0.05, 0.1) is 12.3 Å². The zero-order valence-corrected chi connectivity index (χ0v) is 11.6. The number of carboxylic acids is 1. The van der Waals surface area contributed by atoms with Gasteiger partial charge in [-0.3, -0.25) is 9.48 Å². The number of aromatic nitrogens is 2. The van der Waals surface area contributed by atoms with E-state index in [0.717, 1.165) is 12.8 Å². The molecule has 2 rings (SSSR count). The van der Waals surface area contributed by atoms with Crippen LogP contribution in [0.3, 0.4) is 0 Å². The molecule has 7 heteroatoms. The van der Waals surface area contributed by atoms with Crippen LogP contribution in [0.2, 0.25) is 0 Å². The third-order valence-corrected chi connectivity index (χ3v) is 3.45. The Morgan fingerprint density at radius 2 is 2.35 bits per heavy atom. The molecular weight excluding hydrogens is 262 g/mol. The molecule has 1 amide bonds. The van der Waals surface area contributed by atoms with Crippen LogP contribution >= 0.6 is 0 Å². The molecule has 2 unspecified atom stereocenters. The summed E-state index contributed by atoms with van der Waals surface area (Å²) >= 11 is 0. The lowest BCUT2D eigenvalue weighted by molar-refractivity contribution is -0.142. The number of carbonyl (C=O) groups is 2. The normalized spacial score (nSPS) is 20.4. The minimum absolute atomic E-state index is 0.195.